The van der Waals surface area contributed by atoms with Crippen LogP contribution in [-0.4, -0.2) is 26.5 Å². The Morgan fingerprint density at radius 1 is 1.06 bits per heavy atom. The number of fused-ring (bicyclic) bond motifs is 1. The molecule has 0 saturated carbocycles. The average molecular weight is 463 g/mol. The van der Waals surface area contributed by atoms with E-state index in [4.69, 9.17) is 0 Å². The number of phenolic OH excluding ortho intramolecular Hbond substituents is 1. The topological polar surface area (TPSA) is 113 Å². The highest BCUT2D eigenvalue weighted by molar-refractivity contribution is 7.20. The monoisotopic (exact) mass is 462 g/mol. The normalized spacial score (nSPS) is 11.8. The van der Waals surface area contributed by atoms with Crippen LogP contribution in [0, 0.1) is 13.8 Å². The minimum Gasteiger partial charge on any atom is -0.508 e. The second-order valence-electron chi connectivity index (χ2n) is 7.67. The van der Waals surface area contributed by atoms with E-state index < -0.39 is 17.5 Å². The third kappa shape index (κ3) is 4.35. The zero-order valence-electron chi connectivity index (χ0n) is 18.2. The summed E-state index contributed by atoms with van der Waals surface area (Å²) in [4.78, 5) is 44.0. The molecule has 1 atom stereocenters. The van der Waals surface area contributed by atoms with Gasteiger partial charge in [-0.2, -0.15) is 0 Å². The average Bonchev–Trinajstić information content (AvgIpc) is 3.14. The minimum atomic E-state index is -0.841. The first-order valence-corrected chi connectivity index (χ1v) is 11.0. The number of anilines is 2. The third-order valence-corrected chi connectivity index (χ3v) is 6.61. The molecule has 0 radical (unpaired) electrons. The predicted molar refractivity (Wildman–Crippen MR) is 129 cm³/mol. The van der Waals surface area contributed by atoms with Gasteiger partial charge in [0.15, 0.2) is 0 Å². The van der Waals surface area contributed by atoms with E-state index in [1.807, 2.05) is 31.2 Å². The molecule has 0 saturated heterocycles. The minimum absolute atomic E-state index is 0.0853. The van der Waals surface area contributed by atoms with Gasteiger partial charge in [0.2, 0.25) is 5.91 Å². The van der Waals surface area contributed by atoms with E-state index in [0.717, 1.165) is 16.9 Å². The van der Waals surface area contributed by atoms with Gasteiger partial charge >= 0.3 is 0 Å². The van der Waals surface area contributed by atoms with Gasteiger partial charge in [-0.25, -0.2) is 4.98 Å². The number of aromatic hydroxyl groups is 1. The summed E-state index contributed by atoms with van der Waals surface area (Å²) in [7, 11) is 0. The van der Waals surface area contributed by atoms with Crippen LogP contribution in [-0.2, 0) is 4.79 Å². The Hall–Kier alpha value is -3.98. The lowest BCUT2D eigenvalue weighted by atomic mass is 10.1. The standard InChI is InChI=1S/C24H22N4O4S/c1-13-6-4-5-7-18(13)27-22(31)20-14(2)19-23(33-20)25-12-28(24(19)32)15(3)21(30)26-16-8-10-17(29)11-9-16/h4-12,15,29H,1-3H3,(H,26,30)(H,27,31). The van der Waals surface area contributed by atoms with Gasteiger partial charge in [-0.05, 0) is 62.2 Å². The number of phenols is 1. The molecule has 168 valence electrons. The molecule has 4 rings (SSSR count). The second-order valence-corrected chi connectivity index (χ2v) is 8.67. The number of rotatable bonds is 5. The molecule has 0 fully saturated rings. The molecule has 0 aliphatic heterocycles. The molecule has 33 heavy (non-hydrogen) atoms. The van der Waals surface area contributed by atoms with Crippen LogP contribution in [0.5, 0.6) is 5.75 Å². The Labute approximate surface area is 193 Å². The van der Waals surface area contributed by atoms with Crippen LogP contribution in [0.4, 0.5) is 11.4 Å². The molecule has 2 aromatic carbocycles. The maximum absolute atomic E-state index is 13.2. The molecule has 1 unspecified atom stereocenters. The van der Waals surface area contributed by atoms with E-state index >= 15 is 0 Å². The number of thiophene rings is 1. The first-order valence-electron chi connectivity index (χ1n) is 10.2. The van der Waals surface area contributed by atoms with Crippen molar-refractivity contribution in [1.29, 1.82) is 0 Å². The highest BCUT2D eigenvalue weighted by atomic mass is 32.1. The van der Waals surface area contributed by atoms with Gasteiger partial charge in [-0.3, -0.25) is 19.0 Å². The van der Waals surface area contributed by atoms with E-state index in [9.17, 15) is 19.5 Å². The zero-order chi connectivity index (χ0) is 23.7. The SMILES string of the molecule is Cc1ccccc1NC(=O)c1sc2ncn(C(C)C(=O)Nc3ccc(O)cc3)c(=O)c2c1C. The molecule has 3 N–H and O–H groups in total. The van der Waals surface area contributed by atoms with Crippen molar-refractivity contribution in [3.05, 3.63) is 81.2 Å². The van der Waals surface area contributed by atoms with Gasteiger partial charge in [0.25, 0.3) is 11.5 Å². The largest absolute Gasteiger partial charge is 0.508 e. The molecule has 0 aliphatic carbocycles. The maximum Gasteiger partial charge on any atom is 0.266 e. The molecular formula is C24H22N4O4S. The molecule has 2 heterocycles. The first kappa shape index (κ1) is 22.2. The van der Waals surface area contributed by atoms with Gasteiger partial charge < -0.3 is 15.7 Å². The Kier molecular flexibility index (Phi) is 5.97. The van der Waals surface area contributed by atoms with E-state index in [2.05, 4.69) is 15.6 Å². The van der Waals surface area contributed by atoms with Crippen LogP contribution in [0.1, 0.15) is 33.8 Å². The lowest BCUT2D eigenvalue weighted by Crippen LogP contribution is -2.31. The van der Waals surface area contributed by atoms with Crippen LogP contribution >= 0.6 is 11.3 Å². The van der Waals surface area contributed by atoms with E-state index in [1.54, 1.807) is 26.0 Å². The van der Waals surface area contributed by atoms with Crippen molar-refractivity contribution in [2.45, 2.75) is 26.8 Å². The Morgan fingerprint density at radius 2 is 1.76 bits per heavy atom. The van der Waals surface area contributed by atoms with Crippen molar-refractivity contribution in [2.24, 2.45) is 0 Å². The quantitative estimate of drug-likeness (QED) is 0.384. The van der Waals surface area contributed by atoms with Gasteiger partial charge in [-0.1, -0.05) is 18.2 Å². The van der Waals surface area contributed by atoms with Crippen LogP contribution in [0.3, 0.4) is 0 Å². The van der Waals surface area contributed by atoms with Gasteiger partial charge in [0, 0.05) is 11.4 Å². The summed E-state index contributed by atoms with van der Waals surface area (Å²) in [6, 6.07) is 12.6. The maximum atomic E-state index is 13.2. The fourth-order valence-electron chi connectivity index (χ4n) is 3.44. The summed E-state index contributed by atoms with van der Waals surface area (Å²) in [5.74, 6) is -0.634. The fraction of sp³-hybridized carbons (Fsp3) is 0.167. The third-order valence-electron chi connectivity index (χ3n) is 5.41. The number of para-hydroxylation sites is 1. The number of hydrogen-bond acceptors (Lipinski definition) is 6. The Balaban J connectivity index is 1.63. The molecule has 4 aromatic rings. The van der Waals surface area contributed by atoms with Gasteiger partial charge in [0.1, 0.15) is 16.6 Å². The molecule has 8 nitrogen and oxygen atoms in total. The van der Waals surface area contributed by atoms with Crippen molar-refractivity contribution in [1.82, 2.24) is 9.55 Å². The van der Waals surface area contributed by atoms with Gasteiger partial charge in [-0.15, -0.1) is 11.3 Å². The van der Waals surface area contributed by atoms with Gasteiger partial charge in [0.05, 0.1) is 16.6 Å². The smallest absolute Gasteiger partial charge is 0.266 e. The number of nitrogens with one attached hydrogen (secondary N) is 2. The second kappa shape index (κ2) is 8.87. The van der Waals surface area contributed by atoms with E-state index in [-0.39, 0.29) is 11.7 Å². The van der Waals surface area contributed by atoms with Crippen molar-refractivity contribution in [3.63, 3.8) is 0 Å². The number of carbonyl (C=O) groups excluding carboxylic acids is 2. The van der Waals surface area contributed by atoms with Crippen LogP contribution in [0.15, 0.2) is 59.7 Å². The Bertz CT molecular complexity index is 1420. The lowest BCUT2D eigenvalue weighted by molar-refractivity contribution is -0.118. The fourth-order valence-corrected chi connectivity index (χ4v) is 4.47. The number of benzene rings is 2. The molecule has 9 heteroatoms. The molecule has 2 aromatic heterocycles. The summed E-state index contributed by atoms with van der Waals surface area (Å²) >= 11 is 1.14. The van der Waals surface area contributed by atoms with Crippen molar-refractivity contribution >= 4 is 44.7 Å². The number of hydrogen-bond donors (Lipinski definition) is 3. The number of aryl methyl sites for hydroxylation is 2. The van der Waals surface area contributed by atoms with E-state index in [0.29, 0.717) is 32.0 Å². The van der Waals surface area contributed by atoms with Crippen molar-refractivity contribution < 1.29 is 14.7 Å². The van der Waals surface area contributed by atoms with Crippen LogP contribution < -0.4 is 16.2 Å². The van der Waals surface area contributed by atoms with Crippen LogP contribution in [0.25, 0.3) is 10.2 Å². The molecule has 0 spiro atoms. The highest BCUT2D eigenvalue weighted by Gasteiger charge is 2.23. The number of amides is 2. The summed E-state index contributed by atoms with van der Waals surface area (Å²) < 4.78 is 1.25. The molecular weight excluding hydrogens is 440 g/mol. The summed E-state index contributed by atoms with van der Waals surface area (Å²) in [6.07, 6.45) is 1.32. The summed E-state index contributed by atoms with van der Waals surface area (Å²) in [5.41, 5.74) is 2.26. The zero-order valence-corrected chi connectivity index (χ0v) is 19.1. The van der Waals surface area contributed by atoms with Crippen molar-refractivity contribution in [3.8, 4) is 5.75 Å². The molecule has 2 amide bonds. The summed E-state index contributed by atoms with van der Waals surface area (Å²) in [6.45, 7) is 5.20. The first-order chi connectivity index (χ1) is 15.8. The van der Waals surface area contributed by atoms with E-state index in [1.165, 1.54) is 23.0 Å². The predicted octanol–water partition coefficient (Wildman–Crippen LogP) is 4.23. The van der Waals surface area contributed by atoms with Crippen molar-refractivity contribution in [2.75, 3.05) is 10.6 Å². The number of nitrogens with zero attached hydrogens (tertiary/aromatic N) is 2. The van der Waals surface area contributed by atoms with Crippen LogP contribution in [0.2, 0.25) is 0 Å². The Morgan fingerprint density at radius 3 is 2.45 bits per heavy atom. The molecule has 0 aliphatic rings. The lowest BCUT2D eigenvalue weighted by Gasteiger charge is -2.15. The number of carbonyl (C=O) groups is 2. The molecule has 0 bridgehead atoms. The highest BCUT2D eigenvalue weighted by Crippen LogP contribution is 2.28. The number of aromatic nitrogens is 2. The summed E-state index contributed by atoms with van der Waals surface area (Å²) in [5, 5.41) is 15.3.